The number of amides is 1. The molecule has 6 heteroatoms. The number of hydrogen-bond acceptors (Lipinski definition) is 2. The van der Waals surface area contributed by atoms with Crippen molar-refractivity contribution >= 4 is 16.8 Å². The zero-order chi connectivity index (χ0) is 15.3. The number of carbonyl (C=O) groups excluding carboxylic acids is 1. The molecule has 0 spiro atoms. The first kappa shape index (κ1) is 15.4. The molecule has 0 aliphatic rings. The molecule has 0 fully saturated rings. The Morgan fingerprint density at radius 1 is 1.33 bits per heavy atom. The number of H-pyrrole nitrogens is 1. The van der Waals surface area contributed by atoms with Crippen LogP contribution in [0.4, 0.5) is 8.78 Å². The average Bonchev–Trinajstić information content (AvgIpc) is 2.89. The Labute approximate surface area is 121 Å². The molecule has 0 atom stereocenters. The summed E-state index contributed by atoms with van der Waals surface area (Å²) in [5.74, 6) is -3.69. The molecule has 21 heavy (non-hydrogen) atoms. The van der Waals surface area contributed by atoms with Crippen molar-refractivity contribution < 1.29 is 18.7 Å². The van der Waals surface area contributed by atoms with Crippen LogP contribution in [0.1, 0.15) is 18.4 Å². The molecule has 1 amide bonds. The number of aryl methyl sites for hydroxylation is 1. The van der Waals surface area contributed by atoms with E-state index in [2.05, 4.69) is 10.3 Å². The largest absolute Gasteiger partial charge is 0.390 e. The third-order valence-electron chi connectivity index (χ3n) is 3.30. The molecule has 3 N–H and O–H groups in total. The van der Waals surface area contributed by atoms with Crippen LogP contribution in [0.5, 0.6) is 0 Å². The Balaban J connectivity index is 1.78. The minimum atomic E-state index is -3.26. The predicted octanol–water partition coefficient (Wildman–Crippen LogP) is 2.23. The highest BCUT2D eigenvalue weighted by Gasteiger charge is 2.27. The van der Waals surface area contributed by atoms with Crippen LogP contribution in [0.15, 0.2) is 30.5 Å². The first-order chi connectivity index (χ1) is 10.0. The summed E-state index contributed by atoms with van der Waals surface area (Å²) in [7, 11) is 0. The number of halogens is 2. The first-order valence-electron chi connectivity index (χ1n) is 6.82. The van der Waals surface area contributed by atoms with Crippen LogP contribution in [-0.2, 0) is 11.2 Å². The molecule has 2 rings (SSSR count). The fourth-order valence-electron chi connectivity index (χ4n) is 2.15. The number of alkyl halides is 2. The summed E-state index contributed by atoms with van der Waals surface area (Å²) >= 11 is 0. The van der Waals surface area contributed by atoms with Crippen molar-refractivity contribution in [2.75, 3.05) is 13.2 Å². The van der Waals surface area contributed by atoms with Gasteiger partial charge in [0.05, 0.1) is 6.54 Å². The van der Waals surface area contributed by atoms with Crippen molar-refractivity contribution in [2.24, 2.45) is 0 Å². The van der Waals surface area contributed by atoms with Crippen LogP contribution in [0, 0.1) is 0 Å². The van der Waals surface area contributed by atoms with E-state index < -0.39 is 25.0 Å². The minimum absolute atomic E-state index is 0.182. The van der Waals surface area contributed by atoms with Crippen LogP contribution in [-0.4, -0.2) is 35.1 Å². The van der Waals surface area contributed by atoms with Gasteiger partial charge in [0.15, 0.2) is 0 Å². The number of nitrogens with one attached hydrogen (secondary N) is 2. The standard InChI is InChI=1S/C15H18F2N2O2/c16-15(17,10-20)9-19-14(21)7-3-4-11-8-18-13-6-2-1-5-12(11)13/h1-2,5-6,8,18,20H,3-4,7,9-10H2,(H,19,21). The molecule has 0 saturated heterocycles. The fourth-order valence-corrected chi connectivity index (χ4v) is 2.15. The van der Waals surface area contributed by atoms with Gasteiger partial charge < -0.3 is 15.4 Å². The molecular formula is C15H18F2N2O2. The van der Waals surface area contributed by atoms with Gasteiger partial charge in [-0.25, -0.2) is 8.78 Å². The summed E-state index contributed by atoms with van der Waals surface area (Å²) in [6.45, 7) is -2.09. The maximum absolute atomic E-state index is 12.8. The molecular weight excluding hydrogens is 278 g/mol. The number of aromatic amines is 1. The van der Waals surface area contributed by atoms with Crippen molar-refractivity contribution in [3.63, 3.8) is 0 Å². The first-order valence-corrected chi connectivity index (χ1v) is 6.82. The Kier molecular flexibility index (Phi) is 4.90. The van der Waals surface area contributed by atoms with Crippen molar-refractivity contribution in [2.45, 2.75) is 25.2 Å². The van der Waals surface area contributed by atoms with Gasteiger partial charge in [-0.1, -0.05) is 18.2 Å². The second kappa shape index (κ2) is 6.67. The number of aliphatic hydroxyl groups is 1. The van der Waals surface area contributed by atoms with Crippen molar-refractivity contribution in [3.8, 4) is 0 Å². The number of fused-ring (bicyclic) bond motifs is 1. The number of para-hydroxylation sites is 1. The van der Waals surface area contributed by atoms with E-state index in [0.717, 1.165) is 16.5 Å². The van der Waals surface area contributed by atoms with Gasteiger partial charge in [0.2, 0.25) is 5.91 Å². The molecule has 0 bridgehead atoms. The second-order valence-corrected chi connectivity index (χ2v) is 5.00. The van der Waals surface area contributed by atoms with Gasteiger partial charge >= 0.3 is 0 Å². The Morgan fingerprint density at radius 3 is 2.86 bits per heavy atom. The van der Waals surface area contributed by atoms with Crippen LogP contribution >= 0.6 is 0 Å². The van der Waals surface area contributed by atoms with E-state index in [9.17, 15) is 13.6 Å². The Bertz CT molecular complexity index is 610. The number of carbonyl (C=O) groups is 1. The topological polar surface area (TPSA) is 65.1 Å². The lowest BCUT2D eigenvalue weighted by atomic mass is 10.1. The molecule has 114 valence electrons. The number of hydrogen-bond donors (Lipinski definition) is 3. The maximum Gasteiger partial charge on any atom is 0.287 e. The minimum Gasteiger partial charge on any atom is -0.390 e. The summed E-state index contributed by atoms with van der Waals surface area (Å²) < 4.78 is 25.5. The van der Waals surface area contributed by atoms with Crippen LogP contribution in [0.25, 0.3) is 10.9 Å². The number of aromatic nitrogens is 1. The summed E-state index contributed by atoms with van der Waals surface area (Å²) in [5.41, 5.74) is 2.15. The van der Waals surface area contributed by atoms with Crippen LogP contribution in [0.2, 0.25) is 0 Å². The molecule has 0 aliphatic carbocycles. The van der Waals surface area contributed by atoms with Gasteiger partial charge in [0, 0.05) is 23.5 Å². The lowest BCUT2D eigenvalue weighted by Crippen LogP contribution is -2.38. The quantitative estimate of drug-likeness (QED) is 0.733. The molecule has 0 radical (unpaired) electrons. The van der Waals surface area contributed by atoms with E-state index in [4.69, 9.17) is 5.11 Å². The van der Waals surface area contributed by atoms with Gasteiger partial charge in [0.25, 0.3) is 5.92 Å². The van der Waals surface area contributed by atoms with Crippen molar-refractivity contribution in [1.82, 2.24) is 10.3 Å². The molecule has 0 aliphatic heterocycles. The highest BCUT2D eigenvalue weighted by molar-refractivity contribution is 5.83. The van der Waals surface area contributed by atoms with Crippen molar-refractivity contribution in [3.05, 3.63) is 36.0 Å². The summed E-state index contributed by atoms with van der Waals surface area (Å²) in [6, 6.07) is 7.87. The third-order valence-corrected chi connectivity index (χ3v) is 3.30. The number of rotatable bonds is 7. The van der Waals surface area contributed by atoms with Gasteiger partial charge in [-0.05, 0) is 24.5 Å². The fraction of sp³-hybridized carbons (Fsp3) is 0.400. The molecule has 1 aromatic carbocycles. The highest BCUT2D eigenvalue weighted by atomic mass is 19.3. The summed E-state index contributed by atoms with van der Waals surface area (Å²) in [4.78, 5) is 14.6. The Morgan fingerprint density at radius 2 is 2.10 bits per heavy atom. The SMILES string of the molecule is O=C(CCCc1c[nH]c2ccccc12)NCC(F)(F)CO. The third kappa shape index (κ3) is 4.26. The van der Waals surface area contributed by atoms with E-state index in [1.165, 1.54) is 0 Å². The molecule has 1 aromatic heterocycles. The lowest BCUT2D eigenvalue weighted by molar-refractivity contribution is -0.124. The van der Waals surface area contributed by atoms with Gasteiger partial charge in [-0.15, -0.1) is 0 Å². The predicted molar refractivity (Wildman–Crippen MR) is 76.3 cm³/mol. The second-order valence-electron chi connectivity index (χ2n) is 5.00. The smallest absolute Gasteiger partial charge is 0.287 e. The van der Waals surface area contributed by atoms with E-state index in [-0.39, 0.29) is 6.42 Å². The molecule has 0 saturated carbocycles. The number of benzene rings is 1. The normalized spacial score (nSPS) is 11.8. The van der Waals surface area contributed by atoms with Gasteiger partial charge in [-0.2, -0.15) is 0 Å². The monoisotopic (exact) mass is 296 g/mol. The molecule has 4 nitrogen and oxygen atoms in total. The Hall–Kier alpha value is -1.95. The highest BCUT2D eigenvalue weighted by Crippen LogP contribution is 2.19. The van der Waals surface area contributed by atoms with Crippen LogP contribution in [0.3, 0.4) is 0 Å². The molecule has 1 heterocycles. The zero-order valence-electron chi connectivity index (χ0n) is 11.5. The van der Waals surface area contributed by atoms with Crippen LogP contribution < -0.4 is 5.32 Å². The van der Waals surface area contributed by atoms with Gasteiger partial charge in [0.1, 0.15) is 6.61 Å². The lowest BCUT2D eigenvalue weighted by Gasteiger charge is -2.13. The van der Waals surface area contributed by atoms with E-state index in [1.807, 2.05) is 30.5 Å². The van der Waals surface area contributed by atoms with E-state index in [1.54, 1.807) is 0 Å². The zero-order valence-corrected chi connectivity index (χ0v) is 11.5. The molecule has 0 unspecified atom stereocenters. The molecule has 2 aromatic rings. The summed E-state index contributed by atoms with van der Waals surface area (Å²) in [5, 5.41) is 11.7. The average molecular weight is 296 g/mol. The van der Waals surface area contributed by atoms with E-state index in [0.29, 0.717) is 12.8 Å². The van der Waals surface area contributed by atoms with Gasteiger partial charge in [-0.3, -0.25) is 4.79 Å². The van der Waals surface area contributed by atoms with E-state index >= 15 is 0 Å². The number of aliphatic hydroxyl groups excluding tert-OH is 1. The summed E-state index contributed by atoms with van der Waals surface area (Å²) in [6.07, 6.45) is 3.37. The van der Waals surface area contributed by atoms with Crippen molar-refractivity contribution in [1.29, 1.82) is 0 Å². The maximum atomic E-state index is 12.8.